The van der Waals surface area contributed by atoms with Crippen molar-refractivity contribution in [2.75, 3.05) is 0 Å². The van der Waals surface area contributed by atoms with Crippen molar-refractivity contribution in [1.29, 1.82) is 0 Å². The molecule has 0 aliphatic rings. The third-order valence-corrected chi connectivity index (χ3v) is 0.974. The second-order valence-electron chi connectivity index (χ2n) is 0.770. The molecular weight excluding hydrogens is 99.6 g/mol. The highest BCUT2D eigenvalue weighted by molar-refractivity contribution is 6.25. The zero-order valence-corrected chi connectivity index (χ0v) is 6.00. The zero-order valence-electron chi connectivity index (χ0n) is 3.24. The van der Waals surface area contributed by atoms with Gasteiger partial charge in [0.1, 0.15) is 0 Å². The maximum atomic E-state index is 5.14. The van der Waals surface area contributed by atoms with Gasteiger partial charge in [0.2, 0.25) is 0 Å². The second-order valence-corrected chi connectivity index (χ2v) is 1.84. The summed E-state index contributed by atoms with van der Waals surface area (Å²) in [5.41, 5.74) is 1.56. The molecule has 0 amide bonds. The zero-order chi connectivity index (χ0) is 4.12. The van der Waals surface area contributed by atoms with Crippen LogP contribution in [-0.4, -0.2) is 10.2 Å². The van der Waals surface area contributed by atoms with Crippen LogP contribution in [0.5, 0.6) is 0 Å². The van der Waals surface area contributed by atoms with Gasteiger partial charge in [0.05, 0.1) is 0 Å². The van der Waals surface area contributed by atoms with Crippen LogP contribution in [0.2, 0.25) is 6.04 Å². The highest BCUT2D eigenvalue weighted by Gasteiger charge is 1.54. The molecule has 0 spiro atoms. The van der Waals surface area contributed by atoms with E-state index in [-0.39, 0.29) is 0 Å². The van der Waals surface area contributed by atoms with Gasteiger partial charge in [-0.05, 0) is 11.6 Å². The average molecular weight is 107 g/mol. The van der Waals surface area contributed by atoms with Crippen molar-refractivity contribution in [2.45, 2.75) is 6.04 Å². The maximum Gasteiger partial charge on any atom is 0.00760 e. The van der Waals surface area contributed by atoms with E-state index in [9.17, 15) is 0 Å². The van der Waals surface area contributed by atoms with Crippen molar-refractivity contribution < 1.29 is 0 Å². The molecular formula is C3H7ClSi. The molecule has 0 aliphatic heterocycles. The van der Waals surface area contributed by atoms with Crippen LogP contribution in [0.25, 0.3) is 0 Å². The van der Waals surface area contributed by atoms with Gasteiger partial charge in [0.25, 0.3) is 0 Å². The Morgan fingerprint density at radius 3 is 2.40 bits per heavy atom. The summed E-state index contributed by atoms with van der Waals surface area (Å²) in [4.78, 5) is 0. The standard InChI is InChI=1S/C3H7ClSi/c4-2-1-3-5/h1-2H,3H2,5H3/b2-1+. The van der Waals surface area contributed by atoms with Crippen LogP contribution in [0.3, 0.4) is 0 Å². The Morgan fingerprint density at radius 1 is 1.80 bits per heavy atom. The Labute approximate surface area is 40.3 Å². The van der Waals surface area contributed by atoms with E-state index in [1.807, 2.05) is 6.08 Å². The summed E-state index contributed by atoms with van der Waals surface area (Å²) < 4.78 is 0. The van der Waals surface area contributed by atoms with Crippen LogP contribution in [0.1, 0.15) is 0 Å². The van der Waals surface area contributed by atoms with Crippen LogP contribution in [0, 0.1) is 0 Å². The lowest BCUT2D eigenvalue weighted by Crippen LogP contribution is -1.49. The van der Waals surface area contributed by atoms with Gasteiger partial charge in [-0.1, -0.05) is 17.7 Å². The molecule has 0 saturated carbocycles. The third-order valence-electron chi connectivity index (χ3n) is 0.325. The molecule has 0 rings (SSSR count). The Bertz CT molecular complexity index is 33.9. The molecule has 0 aromatic heterocycles. The van der Waals surface area contributed by atoms with Crippen LogP contribution in [0.15, 0.2) is 11.6 Å². The largest absolute Gasteiger partial charge is 0.0933 e. The number of allylic oxidation sites excluding steroid dienone is 1. The summed E-state index contributed by atoms with van der Waals surface area (Å²) in [5, 5.41) is 0. The lowest BCUT2D eigenvalue weighted by Gasteiger charge is -1.62. The van der Waals surface area contributed by atoms with Crippen LogP contribution in [-0.2, 0) is 0 Å². The maximum absolute atomic E-state index is 5.14. The molecule has 30 valence electrons. The minimum Gasteiger partial charge on any atom is -0.0933 e. The molecule has 0 N–H and O–H groups in total. The van der Waals surface area contributed by atoms with E-state index in [1.54, 1.807) is 5.54 Å². The summed E-state index contributed by atoms with van der Waals surface area (Å²) in [6.45, 7) is 0. The van der Waals surface area contributed by atoms with E-state index >= 15 is 0 Å². The van der Waals surface area contributed by atoms with Crippen LogP contribution >= 0.6 is 11.6 Å². The molecule has 0 unspecified atom stereocenters. The predicted molar refractivity (Wildman–Crippen MR) is 29.7 cm³/mol. The fourth-order valence-corrected chi connectivity index (χ4v) is 0.802. The highest BCUT2D eigenvalue weighted by atomic mass is 35.5. The lowest BCUT2D eigenvalue weighted by atomic mass is 10.8. The van der Waals surface area contributed by atoms with Crippen molar-refractivity contribution in [3.8, 4) is 0 Å². The molecule has 0 fully saturated rings. The van der Waals surface area contributed by atoms with Crippen LogP contribution in [0.4, 0.5) is 0 Å². The van der Waals surface area contributed by atoms with Gasteiger partial charge in [-0.15, -0.1) is 0 Å². The van der Waals surface area contributed by atoms with Crippen molar-refractivity contribution >= 4 is 21.8 Å². The van der Waals surface area contributed by atoms with Crippen molar-refractivity contribution in [1.82, 2.24) is 0 Å². The molecule has 0 atom stereocenters. The molecule has 0 nitrogen and oxygen atoms in total. The molecule has 0 saturated heterocycles. The highest BCUT2D eigenvalue weighted by Crippen LogP contribution is 1.78. The minimum absolute atomic E-state index is 1.17. The smallest absolute Gasteiger partial charge is 0.00760 e. The molecule has 0 heterocycles. The van der Waals surface area contributed by atoms with E-state index in [1.165, 1.54) is 16.3 Å². The summed E-state index contributed by atoms with van der Waals surface area (Å²) >= 11 is 5.14. The van der Waals surface area contributed by atoms with Crippen molar-refractivity contribution in [3.05, 3.63) is 11.6 Å². The first-order chi connectivity index (χ1) is 2.41. The first-order valence-electron chi connectivity index (χ1n) is 1.67. The first kappa shape index (κ1) is 5.25. The van der Waals surface area contributed by atoms with Crippen molar-refractivity contribution in [2.24, 2.45) is 0 Å². The average Bonchev–Trinajstić information content (AvgIpc) is 1.41. The van der Waals surface area contributed by atoms with Gasteiger partial charge in [0, 0.05) is 10.2 Å². The topological polar surface area (TPSA) is 0 Å². The number of halogens is 1. The number of rotatable bonds is 1. The van der Waals surface area contributed by atoms with E-state index in [2.05, 4.69) is 0 Å². The van der Waals surface area contributed by atoms with Gasteiger partial charge in [-0.3, -0.25) is 0 Å². The summed E-state index contributed by atoms with van der Waals surface area (Å²) in [6.07, 6.45) is 1.95. The van der Waals surface area contributed by atoms with E-state index in [0.717, 1.165) is 0 Å². The van der Waals surface area contributed by atoms with Gasteiger partial charge in [-0.2, -0.15) is 0 Å². The Kier molecular flexibility index (Phi) is 4.46. The number of hydrogen-bond acceptors (Lipinski definition) is 0. The lowest BCUT2D eigenvalue weighted by molar-refractivity contribution is 1.75. The Hall–Kier alpha value is 0.247. The SMILES string of the molecule is [SiH3]C/C=C/Cl. The fourth-order valence-electron chi connectivity index (χ4n) is 0.0891. The van der Waals surface area contributed by atoms with Gasteiger partial charge < -0.3 is 0 Å². The van der Waals surface area contributed by atoms with Gasteiger partial charge in [0.15, 0.2) is 0 Å². The van der Waals surface area contributed by atoms with Gasteiger partial charge >= 0.3 is 0 Å². The molecule has 2 heteroatoms. The quantitative estimate of drug-likeness (QED) is 0.428. The van der Waals surface area contributed by atoms with Crippen molar-refractivity contribution in [3.63, 3.8) is 0 Å². The molecule has 0 aliphatic carbocycles. The van der Waals surface area contributed by atoms with E-state index in [0.29, 0.717) is 0 Å². The minimum atomic E-state index is 1.17. The monoisotopic (exact) mass is 106 g/mol. The molecule has 0 radical (unpaired) electrons. The summed E-state index contributed by atoms with van der Waals surface area (Å²) in [7, 11) is 1.23. The third kappa shape index (κ3) is 4.25. The van der Waals surface area contributed by atoms with Gasteiger partial charge in [-0.25, -0.2) is 0 Å². The molecule has 5 heavy (non-hydrogen) atoms. The molecule has 0 bridgehead atoms. The Balaban J connectivity index is 2.62. The first-order valence-corrected chi connectivity index (χ1v) is 3.52. The predicted octanol–water partition coefficient (Wildman–Crippen LogP) is 0.523. The molecule has 0 aromatic carbocycles. The fraction of sp³-hybridized carbons (Fsp3) is 0.333. The normalized spacial score (nSPS) is 10.6. The summed E-state index contributed by atoms with van der Waals surface area (Å²) in [6, 6.07) is 1.17. The summed E-state index contributed by atoms with van der Waals surface area (Å²) in [5.74, 6) is 0. The molecule has 0 aromatic rings. The second kappa shape index (κ2) is 4.25. The number of hydrogen-bond donors (Lipinski definition) is 0. The van der Waals surface area contributed by atoms with E-state index < -0.39 is 0 Å². The Morgan fingerprint density at radius 2 is 2.40 bits per heavy atom. The van der Waals surface area contributed by atoms with Crippen LogP contribution < -0.4 is 0 Å². The van der Waals surface area contributed by atoms with E-state index in [4.69, 9.17) is 11.6 Å².